The van der Waals surface area contributed by atoms with Gasteiger partial charge in [-0.3, -0.25) is 4.79 Å². The summed E-state index contributed by atoms with van der Waals surface area (Å²) in [6.45, 7) is 1.60. The van der Waals surface area contributed by atoms with Crippen LogP contribution in [0.5, 0.6) is 5.88 Å². The van der Waals surface area contributed by atoms with Crippen molar-refractivity contribution in [3.05, 3.63) is 65.5 Å². The van der Waals surface area contributed by atoms with E-state index in [4.69, 9.17) is 4.74 Å². The quantitative estimate of drug-likeness (QED) is 0.532. The second-order valence-electron chi connectivity index (χ2n) is 6.49. The Morgan fingerprint density at radius 1 is 1.06 bits per heavy atom. The van der Waals surface area contributed by atoms with E-state index in [-0.39, 0.29) is 28.6 Å². The van der Waals surface area contributed by atoms with Crippen LogP contribution in [0.2, 0.25) is 0 Å². The van der Waals surface area contributed by atoms with Crippen LogP contribution in [0, 0.1) is 6.92 Å². The number of benzene rings is 1. The average molecular weight is 428 g/mol. The summed E-state index contributed by atoms with van der Waals surface area (Å²) in [5.74, 6) is -0.143. The maximum Gasteiger partial charge on any atom is 0.417 e. The Morgan fingerprint density at radius 3 is 2.52 bits per heavy atom. The highest BCUT2D eigenvalue weighted by Gasteiger charge is 2.34. The molecule has 0 bridgehead atoms. The van der Waals surface area contributed by atoms with Gasteiger partial charge in [-0.25, -0.2) is 9.50 Å². The SMILES string of the molecule is COc1ccc(NC(=O)c2c(C)nc3ccc(-c4ccccc4C(F)(F)F)nn23)nn1. The van der Waals surface area contributed by atoms with Gasteiger partial charge >= 0.3 is 6.18 Å². The number of imidazole rings is 1. The van der Waals surface area contributed by atoms with E-state index in [1.807, 2.05) is 0 Å². The number of nitrogens with one attached hydrogen (secondary N) is 1. The Hall–Kier alpha value is -4.02. The van der Waals surface area contributed by atoms with Gasteiger partial charge in [-0.2, -0.15) is 18.3 Å². The molecule has 0 aliphatic heterocycles. The van der Waals surface area contributed by atoms with Gasteiger partial charge in [0.25, 0.3) is 5.91 Å². The highest BCUT2D eigenvalue weighted by molar-refractivity contribution is 6.03. The Kier molecular flexibility index (Phi) is 5.01. The second-order valence-corrected chi connectivity index (χ2v) is 6.49. The van der Waals surface area contributed by atoms with Crippen molar-refractivity contribution in [1.29, 1.82) is 0 Å². The summed E-state index contributed by atoms with van der Waals surface area (Å²) in [5, 5.41) is 14.4. The van der Waals surface area contributed by atoms with Gasteiger partial charge in [0.1, 0.15) is 0 Å². The molecule has 0 aliphatic rings. The van der Waals surface area contributed by atoms with E-state index < -0.39 is 17.6 Å². The number of fused-ring (bicyclic) bond motifs is 1. The second kappa shape index (κ2) is 7.67. The normalized spacial score (nSPS) is 11.5. The Bertz CT molecular complexity index is 1270. The van der Waals surface area contributed by atoms with Crippen molar-refractivity contribution in [2.75, 3.05) is 12.4 Å². The number of nitrogens with zero attached hydrogens (tertiary/aromatic N) is 5. The van der Waals surface area contributed by atoms with E-state index >= 15 is 0 Å². The summed E-state index contributed by atoms with van der Waals surface area (Å²) in [6.07, 6.45) is -4.55. The van der Waals surface area contributed by atoms with Crippen molar-refractivity contribution < 1.29 is 22.7 Å². The molecule has 0 spiro atoms. The molecule has 0 saturated carbocycles. The van der Waals surface area contributed by atoms with Crippen LogP contribution in [0.1, 0.15) is 21.7 Å². The molecule has 0 radical (unpaired) electrons. The fraction of sp³-hybridized carbons (Fsp3) is 0.150. The molecular weight excluding hydrogens is 413 g/mol. The number of alkyl halides is 3. The smallest absolute Gasteiger partial charge is 0.417 e. The first kappa shape index (κ1) is 20.3. The van der Waals surface area contributed by atoms with Crippen molar-refractivity contribution >= 4 is 17.4 Å². The van der Waals surface area contributed by atoms with Crippen molar-refractivity contribution in [2.24, 2.45) is 0 Å². The maximum atomic E-state index is 13.4. The first-order valence-electron chi connectivity index (χ1n) is 9.00. The molecule has 0 aliphatic carbocycles. The number of hydrogen-bond donors (Lipinski definition) is 1. The molecule has 4 rings (SSSR count). The summed E-state index contributed by atoms with van der Waals surface area (Å²) >= 11 is 0. The van der Waals surface area contributed by atoms with Crippen molar-refractivity contribution in [1.82, 2.24) is 24.8 Å². The predicted molar refractivity (Wildman–Crippen MR) is 105 cm³/mol. The van der Waals surface area contributed by atoms with Crippen molar-refractivity contribution in [2.45, 2.75) is 13.1 Å². The number of carbonyl (C=O) groups is 1. The number of aryl methyl sites for hydroxylation is 1. The standard InChI is InChI=1S/C20H15F3N6O2/c1-11-18(19(30)25-15-8-10-17(31-2)27-26-15)29-16(24-11)9-7-14(28-29)12-5-3-4-6-13(12)20(21,22)23/h3-10H,1-2H3,(H,25,26,30). The van der Waals surface area contributed by atoms with Gasteiger partial charge in [-0.15, -0.1) is 10.2 Å². The molecule has 1 amide bonds. The number of halogens is 3. The lowest BCUT2D eigenvalue weighted by molar-refractivity contribution is -0.137. The molecule has 11 heteroatoms. The molecule has 3 aromatic heterocycles. The summed E-state index contributed by atoms with van der Waals surface area (Å²) in [4.78, 5) is 17.1. The molecule has 0 fully saturated rings. The number of aromatic nitrogens is 5. The minimum Gasteiger partial charge on any atom is -0.480 e. The van der Waals surface area contributed by atoms with E-state index in [0.717, 1.165) is 6.07 Å². The van der Waals surface area contributed by atoms with E-state index in [1.165, 1.54) is 54.1 Å². The highest BCUT2D eigenvalue weighted by atomic mass is 19.4. The van der Waals surface area contributed by atoms with E-state index in [9.17, 15) is 18.0 Å². The molecule has 4 aromatic rings. The number of anilines is 1. The minimum absolute atomic E-state index is 0.0520. The van der Waals surface area contributed by atoms with Crippen LogP contribution in [0.3, 0.4) is 0 Å². The predicted octanol–water partition coefficient (Wildman–Crippen LogP) is 3.77. The number of hydrogen-bond acceptors (Lipinski definition) is 6. The van der Waals surface area contributed by atoms with Crippen LogP contribution >= 0.6 is 0 Å². The fourth-order valence-corrected chi connectivity index (χ4v) is 3.07. The third kappa shape index (κ3) is 3.89. The fourth-order valence-electron chi connectivity index (χ4n) is 3.07. The summed E-state index contributed by atoms with van der Waals surface area (Å²) in [6, 6.07) is 11.1. The summed E-state index contributed by atoms with van der Waals surface area (Å²) in [7, 11) is 1.43. The molecule has 158 valence electrons. The molecule has 1 N–H and O–H groups in total. The van der Waals surface area contributed by atoms with Crippen LogP contribution in [0.25, 0.3) is 16.9 Å². The monoisotopic (exact) mass is 428 g/mol. The van der Waals surface area contributed by atoms with Crippen LogP contribution in [0.15, 0.2) is 48.5 Å². The molecule has 1 aromatic carbocycles. The Morgan fingerprint density at radius 2 is 1.84 bits per heavy atom. The third-order valence-electron chi connectivity index (χ3n) is 4.47. The van der Waals surface area contributed by atoms with Gasteiger partial charge in [0, 0.05) is 11.6 Å². The number of ether oxygens (including phenoxy) is 1. The molecule has 3 heterocycles. The number of methoxy groups -OCH3 is 1. The maximum absolute atomic E-state index is 13.4. The van der Waals surface area contributed by atoms with Gasteiger partial charge in [0.2, 0.25) is 5.88 Å². The van der Waals surface area contributed by atoms with Crippen molar-refractivity contribution in [3.8, 4) is 17.1 Å². The van der Waals surface area contributed by atoms with Gasteiger partial charge in [-0.1, -0.05) is 18.2 Å². The number of rotatable bonds is 4. The van der Waals surface area contributed by atoms with Crippen LogP contribution < -0.4 is 10.1 Å². The topological polar surface area (TPSA) is 94.3 Å². The zero-order chi connectivity index (χ0) is 22.2. The lowest BCUT2D eigenvalue weighted by atomic mass is 10.0. The zero-order valence-corrected chi connectivity index (χ0v) is 16.3. The first-order valence-corrected chi connectivity index (χ1v) is 9.00. The lowest BCUT2D eigenvalue weighted by Gasteiger charge is -2.12. The van der Waals surface area contributed by atoms with Gasteiger partial charge in [-0.05, 0) is 31.2 Å². The molecule has 0 unspecified atom stereocenters. The van der Waals surface area contributed by atoms with E-state index in [0.29, 0.717) is 11.3 Å². The third-order valence-corrected chi connectivity index (χ3v) is 4.47. The first-order chi connectivity index (χ1) is 14.8. The minimum atomic E-state index is -4.55. The Labute approximate surface area is 173 Å². The molecule has 8 nitrogen and oxygen atoms in total. The summed E-state index contributed by atoms with van der Waals surface area (Å²) in [5.41, 5.74) is -0.131. The average Bonchev–Trinajstić information content (AvgIpc) is 3.08. The summed E-state index contributed by atoms with van der Waals surface area (Å²) < 4.78 is 46.4. The van der Waals surface area contributed by atoms with E-state index in [1.54, 1.807) is 6.92 Å². The lowest BCUT2D eigenvalue weighted by Crippen LogP contribution is -2.18. The van der Waals surface area contributed by atoms with Gasteiger partial charge < -0.3 is 10.1 Å². The molecule has 0 saturated heterocycles. The van der Waals surface area contributed by atoms with Crippen molar-refractivity contribution in [3.63, 3.8) is 0 Å². The highest BCUT2D eigenvalue weighted by Crippen LogP contribution is 2.36. The van der Waals surface area contributed by atoms with Crippen LogP contribution in [-0.2, 0) is 6.18 Å². The van der Waals surface area contributed by atoms with Crippen LogP contribution in [0.4, 0.5) is 19.0 Å². The molecule has 0 atom stereocenters. The number of amides is 1. The van der Waals surface area contributed by atoms with Gasteiger partial charge in [0.05, 0.1) is 24.1 Å². The Balaban J connectivity index is 1.76. The number of carbonyl (C=O) groups excluding carboxylic acids is 1. The van der Waals surface area contributed by atoms with Gasteiger partial charge in [0.15, 0.2) is 17.2 Å². The van der Waals surface area contributed by atoms with Crippen LogP contribution in [-0.4, -0.2) is 37.8 Å². The molecular formula is C20H15F3N6O2. The zero-order valence-electron chi connectivity index (χ0n) is 16.3. The van der Waals surface area contributed by atoms with E-state index in [2.05, 4.69) is 25.6 Å². The largest absolute Gasteiger partial charge is 0.480 e. The molecule has 31 heavy (non-hydrogen) atoms.